The van der Waals surface area contributed by atoms with E-state index in [4.69, 9.17) is 10.5 Å². The molecule has 1 aromatic carbocycles. The summed E-state index contributed by atoms with van der Waals surface area (Å²) in [5, 5.41) is 3.41. The van der Waals surface area contributed by atoms with Gasteiger partial charge in [-0.1, -0.05) is 6.92 Å². The maximum Gasteiger partial charge on any atom is 0.122 e. The fraction of sp³-hybridized carbons (Fsp3) is 0.571. The zero-order valence-corrected chi connectivity index (χ0v) is 11.1. The van der Waals surface area contributed by atoms with Crippen molar-refractivity contribution < 1.29 is 4.74 Å². The van der Waals surface area contributed by atoms with Crippen LogP contribution in [-0.4, -0.2) is 19.7 Å². The highest BCUT2D eigenvalue weighted by molar-refractivity contribution is 5.50. The summed E-state index contributed by atoms with van der Waals surface area (Å²) in [5.74, 6) is 1.54. The van der Waals surface area contributed by atoms with E-state index in [1.807, 2.05) is 13.0 Å². The minimum atomic E-state index is 0.575. The van der Waals surface area contributed by atoms with E-state index in [0.717, 1.165) is 30.9 Å². The van der Waals surface area contributed by atoms with Crippen molar-refractivity contribution >= 4 is 5.69 Å². The zero-order valence-electron chi connectivity index (χ0n) is 11.1. The minimum absolute atomic E-state index is 0.575. The number of hydrogen-bond acceptors (Lipinski definition) is 3. The molecule has 0 saturated carbocycles. The lowest BCUT2D eigenvalue weighted by Crippen LogP contribution is -2.14. The van der Waals surface area contributed by atoms with Gasteiger partial charge in [0, 0.05) is 12.2 Å². The molecule has 0 bridgehead atoms. The van der Waals surface area contributed by atoms with Crippen LogP contribution in [0.3, 0.4) is 0 Å². The second kappa shape index (κ2) is 7.17. The number of hydrogen-bond donors (Lipinski definition) is 2. The lowest BCUT2D eigenvalue weighted by Gasteiger charge is -2.12. The third kappa shape index (κ3) is 4.65. The standard InChI is InChI=1S/C14H24N2O/c1-4-17-14-6-5-13(9-12(14)3)16-8-7-11(2)10-15/h5-6,9,11,16H,4,7-8,10,15H2,1-3H3. The van der Waals surface area contributed by atoms with E-state index in [2.05, 4.69) is 31.3 Å². The predicted octanol–water partition coefficient (Wildman–Crippen LogP) is 2.79. The zero-order chi connectivity index (χ0) is 12.7. The summed E-state index contributed by atoms with van der Waals surface area (Å²) in [6, 6.07) is 6.21. The van der Waals surface area contributed by atoms with Crippen LogP contribution in [0.25, 0.3) is 0 Å². The Labute approximate surface area is 104 Å². The highest BCUT2D eigenvalue weighted by Gasteiger charge is 2.01. The molecule has 0 saturated heterocycles. The first-order valence-corrected chi connectivity index (χ1v) is 6.34. The fourth-order valence-corrected chi connectivity index (χ4v) is 1.66. The van der Waals surface area contributed by atoms with Gasteiger partial charge in [-0.2, -0.15) is 0 Å². The van der Waals surface area contributed by atoms with Gasteiger partial charge in [0.2, 0.25) is 0 Å². The van der Waals surface area contributed by atoms with Crippen LogP contribution in [0.4, 0.5) is 5.69 Å². The van der Waals surface area contributed by atoms with Crippen LogP contribution in [-0.2, 0) is 0 Å². The van der Waals surface area contributed by atoms with Crippen molar-refractivity contribution in [3.05, 3.63) is 23.8 Å². The van der Waals surface area contributed by atoms with Gasteiger partial charge in [-0.3, -0.25) is 0 Å². The molecule has 0 aromatic heterocycles. The lowest BCUT2D eigenvalue weighted by molar-refractivity contribution is 0.338. The summed E-state index contributed by atoms with van der Waals surface area (Å²) < 4.78 is 5.51. The van der Waals surface area contributed by atoms with Crippen molar-refractivity contribution in [1.29, 1.82) is 0 Å². The number of nitrogens with one attached hydrogen (secondary N) is 1. The largest absolute Gasteiger partial charge is 0.494 e. The van der Waals surface area contributed by atoms with Crippen LogP contribution in [0.15, 0.2) is 18.2 Å². The van der Waals surface area contributed by atoms with E-state index in [1.165, 1.54) is 5.56 Å². The molecule has 0 aliphatic carbocycles. The van der Waals surface area contributed by atoms with Crippen LogP contribution in [0.2, 0.25) is 0 Å². The monoisotopic (exact) mass is 236 g/mol. The van der Waals surface area contributed by atoms with Crippen molar-refractivity contribution in [2.75, 3.05) is 25.0 Å². The lowest BCUT2D eigenvalue weighted by atomic mass is 10.1. The van der Waals surface area contributed by atoms with Gasteiger partial charge in [0.25, 0.3) is 0 Å². The number of rotatable bonds is 7. The summed E-state index contributed by atoms with van der Waals surface area (Å²) >= 11 is 0. The Bertz CT molecular complexity index is 339. The third-order valence-electron chi connectivity index (χ3n) is 2.84. The molecule has 3 heteroatoms. The molecule has 96 valence electrons. The van der Waals surface area contributed by atoms with E-state index in [9.17, 15) is 0 Å². The SMILES string of the molecule is CCOc1ccc(NCCC(C)CN)cc1C. The Hall–Kier alpha value is -1.22. The Morgan fingerprint density at radius 2 is 2.18 bits per heavy atom. The number of aryl methyl sites for hydroxylation is 1. The molecule has 1 unspecified atom stereocenters. The molecule has 0 spiro atoms. The minimum Gasteiger partial charge on any atom is -0.494 e. The van der Waals surface area contributed by atoms with Gasteiger partial charge in [0.15, 0.2) is 0 Å². The average Bonchev–Trinajstić information content (AvgIpc) is 2.32. The molecule has 0 radical (unpaired) electrons. The van der Waals surface area contributed by atoms with E-state index in [1.54, 1.807) is 0 Å². The number of anilines is 1. The summed E-state index contributed by atoms with van der Waals surface area (Å²) in [5.41, 5.74) is 7.90. The van der Waals surface area contributed by atoms with Gasteiger partial charge in [0.05, 0.1) is 6.61 Å². The van der Waals surface area contributed by atoms with Crippen LogP contribution in [0.1, 0.15) is 25.8 Å². The highest BCUT2D eigenvalue weighted by Crippen LogP contribution is 2.21. The first kappa shape index (κ1) is 13.8. The van der Waals surface area contributed by atoms with Crippen molar-refractivity contribution in [1.82, 2.24) is 0 Å². The number of nitrogens with two attached hydrogens (primary N) is 1. The van der Waals surface area contributed by atoms with Gasteiger partial charge in [-0.25, -0.2) is 0 Å². The molecule has 0 fully saturated rings. The summed E-state index contributed by atoms with van der Waals surface area (Å²) in [6.07, 6.45) is 1.10. The van der Waals surface area contributed by atoms with Crippen molar-refractivity contribution in [3.8, 4) is 5.75 Å². The Morgan fingerprint density at radius 1 is 1.41 bits per heavy atom. The van der Waals surface area contributed by atoms with Gasteiger partial charge in [0.1, 0.15) is 5.75 Å². The number of benzene rings is 1. The summed E-state index contributed by atoms with van der Waals surface area (Å²) in [4.78, 5) is 0. The van der Waals surface area contributed by atoms with Crippen LogP contribution in [0.5, 0.6) is 5.75 Å². The molecule has 3 nitrogen and oxygen atoms in total. The normalized spacial score (nSPS) is 12.2. The average molecular weight is 236 g/mol. The molecule has 3 N–H and O–H groups in total. The van der Waals surface area contributed by atoms with Gasteiger partial charge < -0.3 is 15.8 Å². The maximum atomic E-state index is 5.58. The maximum absolute atomic E-state index is 5.58. The molecule has 0 amide bonds. The van der Waals surface area contributed by atoms with Crippen LogP contribution < -0.4 is 15.8 Å². The molecule has 1 aromatic rings. The van der Waals surface area contributed by atoms with Gasteiger partial charge in [-0.15, -0.1) is 0 Å². The molecule has 1 atom stereocenters. The number of ether oxygens (including phenoxy) is 1. The van der Waals surface area contributed by atoms with Crippen molar-refractivity contribution in [2.24, 2.45) is 11.7 Å². The second-order valence-electron chi connectivity index (χ2n) is 4.47. The summed E-state index contributed by atoms with van der Waals surface area (Å²) in [7, 11) is 0. The third-order valence-corrected chi connectivity index (χ3v) is 2.84. The topological polar surface area (TPSA) is 47.3 Å². The Kier molecular flexibility index (Phi) is 5.84. The van der Waals surface area contributed by atoms with E-state index in [-0.39, 0.29) is 0 Å². The van der Waals surface area contributed by atoms with Crippen LogP contribution in [0, 0.1) is 12.8 Å². The first-order valence-electron chi connectivity index (χ1n) is 6.34. The second-order valence-corrected chi connectivity index (χ2v) is 4.47. The summed E-state index contributed by atoms with van der Waals surface area (Å²) in [6.45, 7) is 8.67. The van der Waals surface area contributed by atoms with E-state index >= 15 is 0 Å². The first-order chi connectivity index (χ1) is 8.17. The fourth-order valence-electron chi connectivity index (χ4n) is 1.66. The predicted molar refractivity (Wildman–Crippen MR) is 73.7 cm³/mol. The molecule has 1 rings (SSSR count). The van der Waals surface area contributed by atoms with Gasteiger partial charge in [-0.05, 0) is 56.5 Å². The Balaban J connectivity index is 2.47. The smallest absolute Gasteiger partial charge is 0.122 e. The molecule has 17 heavy (non-hydrogen) atoms. The molecule has 0 heterocycles. The van der Waals surface area contributed by atoms with E-state index < -0.39 is 0 Å². The molecular weight excluding hydrogens is 212 g/mol. The van der Waals surface area contributed by atoms with Crippen molar-refractivity contribution in [2.45, 2.75) is 27.2 Å². The van der Waals surface area contributed by atoms with Crippen LogP contribution >= 0.6 is 0 Å². The molecule has 0 aliphatic rings. The highest BCUT2D eigenvalue weighted by atomic mass is 16.5. The quantitative estimate of drug-likeness (QED) is 0.765. The Morgan fingerprint density at radius 3 is 2.76 bits per heavy atom. The van der Waals surface area contributed by atoms with Gasteiger partial charge >= 0.3 is 0 Å². The molecular formula is C14H24N2O. The molecule has 0 aliphatic heterocycles. The van der Waals surface area contributed by atoms with E-state index in [0.29, 0.717) is 12.5 Å². The van der Waals surface area contributed by atoms with Crippen molar-refractivity contribution in [3.63, 3.8) is 0 Å².